The van der Waals surface area contributed by atoms with Crippen molar-refractivity contribution >= 4 is 23.1 Å². The van der Waals surface area contributed by atoms with Gasteiger partial charge in [0.05, 0.1) is 10.9 Å². The van der Waals surface area contributed by atoms with Gasteiger partial charge in [-0.3, -0.25) is 9.36 Å². The van der Waals surface area contributed by atoms with E-state index >= 15 is 0 Å². The standard InChI is InChI=1S/C15H16N2O3/c1-15(2,3)10-4-5-12-11(8-10)14(20)17(9-16-12)7-6-13(18)19/h4-9H,1-3H3,(H,18,19). The average Bonchev–Trinajstić information content (AvgIpc) is 2.36. The van der Waals surface area contributed by atoms with E-state index < -0.39 is 5.97 Å². The van der Waals surface area contributed by atoms with E-state index in [1.807, 2.05) is 18.2 Å². The molecule has 0 bridgehead atoms. The number of hydrogen-bond acceptors (Lipinski definition) is 3. The molecular formula is C15H16N2O3. The Kier molecular flexibility index (Phi) is 3.44. The van der Waals surface area contributed by atoms with E-state index in [0.29, 0.717) is 10.9 Å². The van der Waals surface area contributed by atoms with Crippen LogP contribution in [0.1, 0.15) is 26.3 Å². The van der Waals surface area contributed by atoms with Crippen LogP contribution in [0.5, 0.6) is 0 Å². The molecule has 1 aromatic heterocycles. The van der Waals surface area contributed by atoms with Crippen molar-refractivity contribution in [2.45, 2.75) is 26.2 Å². The monoisotopic (exact) mass is 272 g/mol. The summed E-state index contributed by atoms with van der Waals surface area (Å²) in [6.45, 7) is 6.19. The number of rotatable bonds is 2. The van der Waals surface area contributed by atoms with E-state index in [1.54, 1.807) is 0 Å². The third-order valence-electron chi connectivity index (χ3n) is 3.03. The smallest absolute Gasteiger partial charge is 0.329 e. The first-order valence-corrected chi connectivity index (χ1v) is 6.21. The molecule has 0 fully saturated rings. The van der Waals surface area contributed by atoms with Crippen molar-refractivity contribution < 1.29 is 9.90 Å². The lowest BCUT2D eigenvalue weighted by Gasteiger charge is -2.19. The zero-order chi connectivity index (χ0) is 14.9. The first-order valence-electron chi connectivity index (χ1n) is 6.21. The molecule has 0 saturated carbocycles. The van der Waals surface area contributed by atoms with E-state index in [0.717, 1.165) is 11.6 Å². The molecule has 1 N–H and O–H groups in total. The summed E-state index contributed by atoms with van der Waals surface area (Å²) in [6, 6.07) is 5.57. The Morgan fingerprint density at radius 2 is 2.05 bits per heavy atom. The van der Waals surface area contributed by atoms with Crippen molar-refractivity contribution in [3.63, 3.8) is 0 Å². The van der Waals surface area contributed by atoms with Gasteiger partial charge in [0.2, 0.25) is 0 Å². The molecule has 0 aliphatic heterocycles. The molecule has 1 aromatic carbocycles. The third kappa shape index (κ3) is 2.77. The van der Waals surface area contributed by atoms with Gasteiger partial charge in [-0.1, -0.05) is 26.8 Å². The van der Waals surface area contributed by atoms with Gasteiger partial charge in [0.1, 0.15) is 6.33 Å². The van der Waals surface area contributed by atoms with Crippen molar-refractivity contribution in [2.24, 2.45) is 0 Å². The molecule has 0 aliphatic rings. The molecule has 1 heterocycles. The van der Waals surface area contributed by atoms with Crippen LogP contribution < -0.4 is 5.56 Å². The minimum absolute atomic E-state index is 0.0712. The van der Waals surface area contributed by atoms with Crippen molar-refractivity contribution in [3.05, 3.63) is 46.5 Å². The minimum atomic E-state index is -1.11. The second-order valence-corrected chi connectivity index (χ2v) is 5.59. The van der Waals surface area contributed by atoms with Crippen molar-refractivity contribution in [1.82, 2.24) is 9.55 Å². The lowest BCUT2D eigenvalue weighted by Crippen LogP contribution is -2.18. The fourth-order valence-corrected chi connectivity index (χ4v) is 1.85. The molecule has 0 aliphatic carbocycles. The lowest BCUT2D eigenvalue weighted by atomic mass is 9.86. The van der Waals surface area contributed by atoms with Crippen LogP contribution in [0.2, 0.25) is 0 Å². The molecule has 20 heavy (non-hydrogen) atoms. The highest BCUT2D eigenvalue weighted by Gasteiger charge is 2.15. The zero-order valence-corrected chi connectivity index (χ0v) is 11.6. The van der Waals surface area contributed by atoms with Gasteiger partial charge in [-0.15, -0.1) is 0 Å². The highest BCUT2D eigenvalue weighted by atomic mass is 16.4. The van der Waals surface area contributed by atoms with Gasteiger partial charge < -0.3 is 5.11 Å². The van der Waals surface area contributed by atoms with Gasteiger partial charge in [-0.05, 0) is 23.1 Å². The Labute approximate surface area is 116 Å². The molecule has 0 saturated heterocycles. The van der Waals surface area contributed by atoms with Crippen LogP contribution in [0.3, 0.4) is 0 Å². The van der Waals surface area contributed by atoms with Crippen LogP contribution in [0.25, 0.3) is 17.1 Å². The van der Waals surface area contributed by atoms with Gasteiger partial charge in [0, 0.05) is 12.3 Å². The molecule has 0 atom stereocenters. The number of aromatic nitrogens is 2. The molecule has 0 unspecified atom stereocenters. The van der Waals surface area contributed by atoms with Crippen molar-refractivity contribution in [3.8, 4) is 0 Å². The van der Waals surface area contributed by atoms with Crippen LogP contribution in [0.4, 0.5) is 0 Å². The molecule has 5 nitrogen and oxygen atoms in total. The van der Waals surface area contributed by atoms with E-state index in [1.165, 1.54) is 17.1 Å². The molecule has 2 rings (SSSR count). The topological polar surface area (TPSA) is 72.2 Å². The second kappa shape index (κ2) is 4.92. The number of benzene rings is 1. The Morgan fingerprint density at radius 1 is 1.35 bits per heavy atom. The van der Waals surface area contributed by atoms with Crippen molar-refractivity contribution in [2.75, 3.05) is 0 Å². The van der Waals surface area contributed by atoms with Crippen LogP contribution in [0.15, 0.2) is 35.4 Å². The van der Waals surface area contributed by atoms with E-state index in [-0.39, 0.29) is 11.0 Å². The summed E-state index contributed by atoms with van der Waals surface area (Å²) in [7, 11) is 0. The maximum absolute atomic E-state index is 12.3. The first kappa shape index (κ1) is 14.0. The summed E-state index contributed by atoms with van der Waals surface area (Å²) >= 11 is 0. The summed E-state index contributed by atoms with van der Waals surface area (Å²) in [6.07, 6.45) is 3.42. The predicted octanol–water partition coefficient (Wildman–Crippen LogP) is 2.25. The van der Waals surface area contributed by atoms with Gasteiger partial charge in [-0.25, -0.2) is 9.78 Å². The zero-order valence-electron chi connectivity index (χ0n) is 11.6. The highest BCUT2D eigenvalue weighted by molar-refractivity contribution is 5.83. The van der Waals surface area contributed by atoms with Crippen LogP contribution in [-0.2, 0) is 10.2 Å². The number of carboxylic acids is 1. The summed E-state index contributed by atoms with van der Waals surface area (Å²) in [5.74, 6) is -1.11. The maximum atomic E-state index is 12.3. The maximum Gasteiger partial charge on any atom is 0.329 e. The third-order valence-corrected chi connectivity index (χ3v) is 3.03. The molecular weight excluding hydrogens is 256 g/mol. The van der Waals surface area contributed by atoms with Gasteiger partial charge >= 0.3 is 5.97 Å². The second-order valence-electron chi connectivity index (χ2n) is 5.59. The Hall–Kier alpha value is -2.43. The molecule has 0 spiro atoms. The van der Waals surface area contributed by atoms with Crippen LogP contribution >= 0.6 is 0 Å². The van der Waals surface area contributed by atoms with E-state index in [4.69, 9.17) is 5.11 Å². The first-order chi connectivity index (χ1) is 9.29. The summed E-state index contributed by atoms with van der Waals surface area (Å²) in [5, 5.41) is 9.09. The minimum Gasteiger partial charge on any atom is -0.478 e. The number of fused-ring (bicyclic) bond motifs is 1. The number of aliphatic carboxylic acids is 1. The van der Waals surface area contributed by atoms with Crippen molar-refractivity contribution in [1.29, 1.82) is 0 Å². The number of hydrogen-bond donors (Lipinski definition) is 1. The molecule has 5 heteroatoms. The highest BCUT2D eigenvalue weighted by Crippen LogP contribution is 2.23. The lowest BCUT2D eigenvalue weighted by molar-refractivity contribution is -0.131. The van der Waals surface area contributed by atoms with Crippen LogP contribution in [-0.4, -0.2) is 20.6 Å². The summed E-state index contributed by atoms with van der Waals surface area (Å²) in [5.41, 5.74) is 1.28. The number of carboxylic acid groups (broad SMARTS) is 1. The quantitative estimate of drug-likeness (QED) is 0.851. The van der Waals surface area contributed by atoms with Crippen LogP contribution in [0, 0.1) is 0 Å². The van der Waals surface area contributed by atoms with Gasteiger partial charge in [-0.2, -0.15) is 0 Å². The Balaban J connectivity index is 2.64. The number of nitrogens with zero attached hydrogens (tertiary/aromatic N) is 2. The Morgan fingerprint density at radius 3 is 2.65 bits per heavy atom. The fourth-order valence-electron chi connectivity index (χ4n) is 1.85. The largest absolute Gasteiger partial charge is 0.478 e. The molecule has 2 aromatic rings. The summed E-state index contributed by atoms with van der Waals surface area (Å²) in [4.78, 5) is 27.0. The van der Waals surface area contributed by atoms with Gasteiger partial charge in [0.25, 0.3) is 5.56 Å². The molecule has 0 radical (unpaired) electrons. The molecule has 0 amide bonds. The average molecular weight is 272 g/mol. The number of carbonyl (C=O) groups is 1. The normalized spacial score (nSPS) is 12.2. The fraction of sp³-hybridized carbons (Fsp3) is 0.267. The SMILES string of the molecule is CC(C)(C)c1ccc2ncn(C=CC(=O)O)c(=O)c2c1. The van der Waals surface area contributed by atoms with E-state index in [2.05, 4.69) is 25.8 Å². The van der Waals surface area contributed by atoms with E-state index in [9.17, 15) is 9.59 Å². The van der Waals surface area contributed by atoms with Gasteiger partial charge in [0.15, 0.2) is 0 Å². The Bertz CT molecular complexity index is 752. The predicted molar refractivity (Wildman–Crippen MR) is 77.7 cm³/mol. The summed E-state index contributed by atoms with van der Waals surface area (Å²) < 4.78 is 1.17. The molecule has 104 valence electrons.